The first-order chi connectivity index (χ1) is 8.04. The smallest absolute Gasteiger partial charge is 0.0606 e. The van der Waals surface area contributed by atoms with Crippen LogP contribution in [0.5, 0.6) is 0 Å². The summed E-state index contributed by atoms with van der Waals surface area (Å²) in [5.41, 5.74) is 3.74. The minimum Gasteiger partial charge on any atom is -0.395 e. The lowest BCUT2D eigenvalue weighted by Crippen LogP contribution is -2.23. The highest BCUT2D eigenvalue weighted by molar-refractivity contribution is 5.53. The van der Waals surface area contributed by atoms with Crippen molar-refractivity contribution < 1.29 is 5.11 Å². The Hall–Kier alpha value is -1.06. The number of hydrogen-bond donors (Lipinski definition) is 2. The van der Waals surface area contributed by atoms with E-state index in [2.05, 4.69) is 49.2 Å². The Labute approximate surface area is 104 Å². The van der Waals surface area contributed by atoms with Gasteiger partial charge in [-0.25, -0.2) is 0 Å². The standard InChI is InChI=1S/C14H24N2O/c1-11(2)15-10-13-5-6-14(12(3)9-13)16(4)7-8-17/h5-6,9,11,15,17H,7-8,10H2,1-4H3. The maximum Gasteiger partial charge on any atom is 0.0606 e. The number of anilines is 1. The third kappa shape index (κ3) is 4.36. The van der Waals surface area contributed by atoms with Gasteiger partial charge in [-0.05, 0) is 24.1 Å². The van der Waals surface area contributed by atoms with Crippen LogP contribution in [-0.4, -0.2) is 31.3 Å². The Morgan fingerprint density at radius 1 is 1.35 bits per heavy atom. The van der Waals surface area contributed by atoms with Crippen LogP contribution in [0.25, 0.3) is 0 Å². The SMILES string of the molecule is Cc1cc(CNC(C)C)ccc1N(C)CCO. The molecule has 0 saturated heterocycles. The van der Waals surface area contributed by atoms with Crippen molar-refractivity contribution in [2.24, 2.45) is 0 Å². The highest BCUT2D eigenvalue weighted by Gasteiger charge is 2.05. The molecule has 0 aliphatic rings. The number of nitrogens with one attached hydrogen (secondary N) is 1. The zero-order valence-corrected chi connectivity index (χ0v) is 11.3. The molecule has 0 bridgehead atoms. The van der Waals surface area contributed by atoms with Crippen molar-refractivity contribution in [3.8, 4) is 0 Å². The summed E-state index contributed by atoms with van der Waals surface area (Å²) in [4.78, 5) is 2.08. The number of benzene rings is 1. The zero-order valence-electron chi connectivity index (χ0n) is 11.3. The van der Waals surface area contributed by atoms with Gasteiger partial charge in [0.05, 0.1) is 6.61 Å². The molecule has 0 fully saturated rings. The van der Waals surface area contributed by atoms with Gasteiger partial charge in [0.2, 0.25) is 0 Å². The fraction of sp³-hybridized carbons (Fsp3) is 0.571. The summed E-state index contributed by atoms with van der Waals surface area (Å²) in [6.45, 7) is 8.17. The van der Waals surface area contributed by atoms with E-state index in [0.717, 1.165) is 6.54 Å². The van der Waals surface area contributed by atoms with E-state index in [1.165, 1.54) is 16.8 Å². The molecule has 0 aliphatic carbocycles. The van der Waals surface area contributed by atoms with Crippen molar-refractivity contribution in [2.45, 2.75) is 33.4 Å². The summed E-state index contributed by atoms with van der Waals surface area (Å²) in [5.74, 6) is 0. The summed E-state index contributed by atoms with van der Waals surface area (Å²) in [6, 6.07) is 6.99. The predicted molar refractivity (Wildman–Crippen MR) is 73.5 cm³/mol. The average molecular weight is 236 g/mol. The molecule has 1 rings (SSSR count). The molecule has 96 valence electrons. The van der Waals surface area contributed by atoms with Gasteiger partial charge in [-0.3, -0.25) is 0 Å². The molecule has 3 nitrogen and oxygen atoms in total. The third-order valence-electron chi connectivity index (χ3n) is 2.82. The third-order valence-corrected chi connectivity index (χ3v) is 2.82. The van der Waals surface area contributed by atoms with Crippen molar-refractivity contribution in [1.29, 1.82) is 0 Å². The fourth-order valence-corrected chi connectivity index (χ4v) is 1.85. The number of aliphatic hydroxyl groups is 1. The molecule has 0 spiro atoms. The van der Waals surface area contributed by atoms with E-state index in [1.807, 2.05) is 7.05 Å². The van der Waals surface area contributed by atoms with E-state index in [0.29, 0.717) is 12.6 Å². The van der Waals surface area contributed by atoms with E-state index in [9.17, 15) is 0 Å². The molecule has 0 saturated carbocycles. The van der Waals surface area contributed by atoms with Gasteiger partial charge in [-0.2, -0.15) is 0 Å². The number of aryl methyl sites for hydroxylation is 1. The molecule has 0 radical (unpaired) electrons. The van der Waals surface area contributed by atoms with E-state index in [1.54, 1.807) is 0 Å². The molecule has 1 aromatic rings. The fourth-order valence-electron chi connectivity index (χ4n) is 1.85. The first-order valence-corrected chi connectivity index (χ1v) is 6.19. The summed E-state index contributed by atoms with van der Waals surface area (Å²) in [5, 5.41) is 12.3. The van der Waals surface area contributed by atoms with Crippen molar-refractivity contribution in [2.75, 3.05) is 25.1 Å². The molecule has 0 aliphatic heterocycles. The molecule has 1 aromatic carbocycles. The monoisotopic (exact) mass is 236 g/mol. The molecule has 0 amide bonds. The van der Waals surface area contributed by atoms with Crippen LogP contribution >= 0.6 is 0 Å². The lowest BCUT2D eigenvalue weighted by molar-refractivity contribution is 0.304. The molecule has 0 atom stereocenters. The molecule has 2 N–H and O–H groups in total. The number of rotatable bonds is 6. The van der Waals surface area contributed by atoms with Crippen LogP contribution in [-0.2, 0) is 6.54 Å². The normalized spacial score (nSPS) is 10.9. The molecule has 0 unspecified atom stereocenters. The first-order valence-electron chi connectivity index (χ1n) is 6.19. The highest BCUT2D eigenvalue weighted by atomic mass is 16.3. The van der Waals surface area contributed by atoms with E-state index < -0.39 is 0 Å². The van der Waals surface area contributed by atoms with Crippen molar-refractivity contribution in [3.63, 3.8) is 0 Å². The van der Waals surface area contributed by atoms with Crippen LogP contribution in [0.3, 0.4) is 0 Å². The van der Waals surface area contributed by atoms with Gasteiger partial charge in [0.25, 0.3) is 0 Å². The lowest BCUT2D eigenvalue weighted by Gasteiger charge is -2.21. The van der Waals surface area contributed by atoms with Gasteiger partial charge in [0.15, 0.2) is 0 Å². The minimum atomic E-state index is 0.187. The van der Waals surface area contributed by atoms with Gasteiger partial charge in [0, 0.05) is 31.9 Å². The van der Waals surface area contributed by atoms with E-state index in [-0.39, 0.29) is 6.61 Å². The zero-order chi connectivity index (χ0) is 12.8. The molecular formula is C14H24N2O. The number of aliphatic hydroxyl groups excluding tert-OH is 1. The Bertz CT molecular complexity index is 350. The van der Waals surface area contributed by atoms with Gasteiger partial charge in [0.1, 0.15) is 0 Å². The Balaban J connectivity index is 2.72. The Morgan fingerprint density at radius 3 is 2.59 bits per heavy atom. The molecule has 17 heavy (non-hydrogen) atoms. The number of hydrogen-bond acceptors (Lipinski definition) is 3. The average Bonchev–Trinajstić information content (AvgIpc) is 2.26. The molecule has 3 heteroatoms. The molecule has 0 heterocycles. The topological polar surface area (TPSA) is 35.5 Å². The summed E-state index contributed by atoms with van der Waals surface area (Å²) >= 11 is 0. The quantitative estimate of drug-likeness (QED) is 0.792. The lowest BCUT2D eigenvalue weighted by atomic mass is 10.1. The molecular weight excluding hydrogens is 212 g/mol. The Morgan fingerprint density at radius 2 is 2.06 bits per heavy atom. The Kier molecular flexibility index (Phi) is 5.45. The van der Waals surface area contributed by atoms with Gasteiger partial charge in [-0.1, -0.05) is 26.0 Å². The maximum atomic E-state index is 8.94. The largest absolute Gasteiger partial charge is 0.395 e. The van der Waals surface area contributed by atoms with Crippen LogP contribution in [0.2, 0.25) is 0 Å². The highest BCUT2D eigenvalue weighted by Crippen LogP contribution is 2.19. The van der Waals surface area contributed by atoms with E-state index >= 15 is 0 Å². The van der Waals surface area contributed by atoms with Crippen LogP contribution in [0.4, 0.5) is 5.69 Å². The van der Waals surface area contributed by atoms with Crippen LogP contribution < -0.4 is 10.2 Å². The molecule has 0 aromatic heterocycles. The van der Waals surface area contributed by atoms with Gasteiger partial charge < -0.3 is 15.3 Å². The number of likely N-dealkylation sites (N-methyl/N-ethyl adjacent to an activating group) is 1. The van der Waals surface area contributed by atoms with Crippen molar-refractivity contribution in [3.05, 3.63) is 29.3 Å². The second-order valence-electron chi connectivity index (χ2n) is 4.80. The second-order valence-corrected chi connectivity index (χ2v) is 4.80. The van der Waals surface area contributed by atoms with Gasteiger partial charge in [-0.15, -0.1) is 0 Å². The van der Waals surface area contributed by atoms with Gasteiger partial charge >= 0.3 is 0 Å². The van der Waals surface area contributed by atoms with Crippen molar-refractivity contribution in [1.82, 2.24) is 5.32 Å². The predicted octanol–water partition coefficient (Wildman–Crippen LogP) is 1.92. The van der Waals surface area contributed by atoms with Crippen LogP contribution in [0, 0.1) is 6.92 Å². The van der Waals surface area contributed by atoms with Crippen LogP contribution in [0.15, 0.2) is 18.2 Å². The summed E-state index contributed by atoms with van der Waals surface area (Å²) in [6.07, 6.45) is 0. The maximum absolute atomic E-state index is 8.94. The minimum absolute atomic E-state index is 0.187. The van der Waals surface area contributed by atoms with Crippen LogP contribution in [0.1, 0.15) is 25.0 Å². The summed E-state index contributed by atoms with van der Waals surface area (Å²) < 4.78 is 0. The van der Waals surface area contributed by atoms with Crippen molar-refractivity contribution >= 4 is 5.69 Å². The first kappa shape index (κ1) is 14.0. The van der Waals surface area contributed by atoms with E-state index in [4.69, 9.17) is 5.11 Å². The summed E-state index contributed by atoms with van der Waals surface area (Å²) in [7, 11) is 2.00. The number of nitrogens with zero attached hydrogens (tertiary/aromatic N) is 1. The second kappa shape index (κ2) is 6.62.